The number of piperazine rings is 1. The summed E-state index contributed by atoms with van der Waals surface area (Å²) in [5.74, 6) is 0.0159. The Balaban J connectivity index is 1.31. The fourth-order valence-electron chi connectivity index (χ4n) is 3.70. The van der Waals surface area contributed by atoms with Gasteiger partial charge < -0.3 is 9.64 Å². The second kappa shape index (κ2) is 9.55. The zero-order valence-corrected chi connectivity index (χ0v) is 18.6. The van der Waals surface area contributed by atoms with Crippen molar-refractivity contribution in [2.75, 3.05) is 38.5 Å². The van der Waals surface area contributed by atoms with E-state index in [1.54, 1.807) is 35.2 Å². The monoisotopic (exact) mass is 467 g/mol. The molecule has 2 aliphatic rings. The van der Waals surface area contributed by atoms with Crippen molar-refractivity contribution in [3.8, 4) is 0 Å². The molecule has 1 N–H and O–H groups in total. The van der Waals surface area contributed by atoms with Gasteiger partial charge in [0.2, 0.25) is 15.9 Å². The Kier molecular flexibility index (Phi) is 6.80. The zero-order valence-electron chi connectivity index (χ0n) is 17.0. The summed E-state index contributed by atoms with van der Waals surface area (Å²) in [6, 6.07) is 8.30. The van der Waals surface area contributed by atoms with Crippen LogP contribution in [0.2, 0.25) is 0 Å². The number of rotatable bonds is 7. The number of thioether (sulfide) groups is 1. The Morgan fingerprint density at radius 1 is 1.19 bits per heavy atom. The number of amides is 1. The first-order valence-corrected chi connectivity index (χ1v) is 12.6. The molecule has 0 bridgehead atoms. The fraction of sp³-hybridized carbons (Fsp3) is 0.526. The third kappa shape index (κ3) is 5.03. The molecule has 1 aromatic carbocycles. The zero-order chi connectivity index (χ0) is 21.8. The van der Waals surface area contributed by atoms with Crippen molar-refractivity contribution in [2.45, 2.75) is 35.5 Å². The molecule has 10 nitrogen and oxygen atoms in total. The van der Waals surface area contributed by atoms with Gasteiger partial charge in [0.05, 0.1) is 23.3 Å². The van der Waals surface area contributed by atoms with E-state index in [2.05, 4.69) is 10.2 Å². The average Bonchev–Trinajstić information content (AvgIpc) is 3.43. The van der Waals surface area contributed by atoms with E-state index in [4.69, 9.17) is 4.74 Å². The topological polar surface area (TPSA) is 118 Å². The number of ether oxygens (including phenoxy) is 1. The normalized spacial score (nSPS) is 20.3. The number of benzene rings is 1. The van der Waals surface area contributed by atoms with E-state index in [1.165, 1.54) is 20.6 Å². The van der Waals surface area contributed by atoms with Crippen LogP contribution in [0.4, 0.5) is 0 Å². The molecule has 1 unspecified atom stereocenters. The van der Waals surface area contributed by atoms with Crippen molar-refractivity contribution in [1.82, 2.24) is 24.0 Å². The molecule has 2 fully saturated rings. The van der Waals surface area contributed by atoms with Gasteiger partial charge in [0.1, 0.15) is 0 Å². The number of carbonyl (C=O) groups is 1. The standard InChI is InChI=1S/C19H25N5O5S2/c25-17(14-30-19-21-20-18(26)24(19)13-15-5-4-12-29-15)22-8-10-23(11-9-22)31(27,28)16-6-2-1-3-7-16/h1-3,6-7,15H,4-5,8-14H2,(H,20,26). The van der Waals surface area contributed by atoms with Crippen LogP contribution in [0.1, 0.15) is 12.8 Å². The quantitative estimate of drug-likeness (QED) is 0.585. The van der Waals surface area contributed by atoms with Gasteiger partial charge in [-0.3, -0.25) is 9.36 Å². The second-order valence-electron chi connectivity index (χ2n) is 7.44. The summed E-state index contributed by atoms with van der Waals surface area (Å²) >= 11 is 1.20. The van der Waals surface area contributed by atoms with Crippen molar-refractivity contribution in [2.24, 2.45) is 0 Å². The molecule has 2 aromatic rings. The van der Waals surface area contributed by atoms with Crippen LogP contribution in [0.5, 0.6) is 0 Å². The first-order valence-electron chi connectivity index (χ1n) is 10.2. The van der Waals surface area contributed by atoms with Gasteiger partial charge in [-0.2, -0.15) is 4.31 Å². The summed E-state index contributed by atoms with van der Waals surface area (Å²) in [5, 5.41) is 6.92. The molecule has 4 rings (SSSR count). The Hall–Kier alpha value is -2.15. The van der Waals surface area contributed by atoms with E-state index in [9.17, 15) is 18.0 Å². The second-order valence-corrected chi connectivity index (χ2v) is 10.3. The minimum atomic E-state index is -3.55. The molecule has 168 valence electrons. The number of nitrogens with zero attached hydrogens (tertiary/aromatic N) is 4. The SMILES string of the molecule is O=C(CSc1n[nH]c(=O)n1CC1CCCO1)N1CCN(S(=O)(=O)c2ccccc2)CC1. The van der Waals surface area contributed by atoms with Gasteiger partial charge in [0.15, 0.2) is 5.16 Å². The van der Waals surface area contributed by atoms with Crippen molar-refractivity contribution in [3.63, 3.8) is 0 Å². The lowest BCUT2D eigenvalue weighted by Crippen LogP contribution is -2.51. The van der Waals surface area contributed by atoms with Gasteiger partial charge in [0.25, 0.3) is 0 Å². The molecule has 3 heterocycles. The molecule has 0 aliphatic carbocycles. The molecule has 2 aliphatic heterocycles. The number of sulfonamides is 1. The molecule has 0 spiro atoms. The lowest BCUT2D eigenvalue weighted by molar-refractivity contribution is -0.129. The van der Waals surface area contributed by atoms with E-state index < -0.39 is 10.0 Å². The Morgan fingerprint density at radius 2 is 1.94 bits per heavy atom. The summed E-state index contributed by atoms with van der Waals surface area (Å²) in [6.45, 7) is 2.27. The van der Waals surface area contributed by atoms with E-state index >= 15 is 0 Å². The minimum Gasteiger partial charge on any atom is -0.376 e. The predicted octanol–water partition coefficient (Wildman–Crippen LogP) is 0.376. The predicted molar refractivity (Wildman–Crippen MR) is 114 cm³/mol. The van der Waals surface area contributed by atoms with Crippen LogP contribution in [0.25, 0.3) is 0 Å². The highest BCUT2D eigenvalue weighted by Crippen LogP contribution is 2.20. The molecule has 1 aromatic heterocycles. The van der Waals surface area contributed by atoms with Crippen LogP contribution in [0.3, 0.4) is 0 Å². The number of nitrogens with one attached hydrogen (secondary N) is 1. The highest BCUT2D eigenvalue weighted by molar-refractivity contribution is 7.99. The molecule has 2 saturated heterocycles. The van der Waals surface area contributed by atoms with E-state index in [0.29, 0.717) is 31.4 Å². The van der Waals surface area contributed by atoms with Crippen LogP contribution in [-0.2, 0) is 26.1 Å². The first-order chi connectivity index (χ1) is 14.9. The maximum atomic E-state index is 12.7. The molecule has 1 amide bonds. The molecular weight excluding hydrogens is 442 g/mol. The van der Waals surface area contributed by atoms with Crippen LogP contribution in [0.15, 0.2) is 45.2 Å². The smallest absolute Gasteiger partial charge is 0.344 e. The van der Waals surface area contributed by atoms with Crippen molar-refractivity contribution < 1.29 is 17.9 Å². The maximum absolute atomic E-state index is 12.7. The highest BCUT2D eigenvalue weighted by Gasteiger charge is 2.30. The lowest BCUT2D eigenvalue weighted by atomic mass is 10.2. The van der Waals surface area contributed by atoms with Crippen molar-refractivity contribution in [3.05, 3.63) is 40.8 Å². The molecular formula is C19H25N5O5S2. The summed E-state index contributed by atoms with van der Waals surface area (Å²) in [7, 11) is -3.55. The number of hydrogen-bond donors (Lipinski definition) is 1. The first kappa shape index (κ1) is 22.1. The van der Waals surface area contributed by atoms with Gasteiger partial charge in [0, 0.05) is 32.8 Å². The number of aromatic nitrogens is 3. The van der Waals surface area contributed by atoms with Crippen molar-refractivity contribution in [1.29, 1.82) is 0 Å². The summed E-state index contributed by atoms with van der Waals surface area (Å²) in [5.41, 5.74) is -0.315. The third-order valence-electron chi connectivity index (χ3n) is 5.43. The fourth-order valence-corrected chi connectivity index (χ4v) is 6.01. The van der Waals surface area contributed by atoms with Gasteiger partial charge >= 0.3 is 5.69 Å². The van der Waals surface area contributed by atoms with Crippen molar-refractivity contribution >= 4 is 27.7 Å². The Bertz CT molecular complexity index is 1050. The summed E-state index contributed by atoms with van der Waals surface area (Å²) in [6.07, 6.45) is 1.87. The number of hydrogen-bond acceptors (Lipinski definition) is 7. The summed E-state index contributed by atoms with van der Waals surface area (Å²) in [4.78, 5) is 26.6. The van der Waals surface area contributed by atoms with Gasteiger partial charge in [-0.15, -0.1) is 5.10 Å². The molecule has 0 saturated carbocycles. The minimum absolute atomic E-state index is 0.00927. The van der Waals surface area contributed by atoms with Gasteiger partial charge in [-0.1, -0.05) is 30.0 Å². The summed E-state index contributed by atoms with van der Waals surface area (Å²) < 4.78 is 33.9. The molecule has 12 heteroatoms. The molecule has 31 heavy (non-hydrogen) atoms. The van der Waals surface area contributed by atoms with Crippen LogP contribution in [0, 0.1) is 0 Å². The largest absolute Gasteiger partial charge is 0.376 e. The average molecular weight is 468 g/mol. The van der Waals surface area contributed by atoms with E-state index in [1.807, 2.05) is 0 Å². The number of H-pyrrole nitrogens is 1. The van der Waals surface area contributed by atoms with Crippen LogP contribution < -0.4 is 5.69 Å². The highest BCUT2D eigenvalue weighted by atomic mass is 32.2. The van der Waals surface area contributed by atoms with Crippen LogP contribution >= 0.6 is 11.8 Å². The molecule has 1 atom stereocenters. The maximum Gasteiger partial charge on any atom is 0.344 e. The number of aromatic amines is 1. The van der Waals surface area contributed by atoms with Crippen LogP contribution in [-0.4, -0.2) is 82.9 Å². The number of carbonyl (C=O) groups excluding carboxylic acids is 1. The lowest BCUT2D eigenvalue weighted by Gasteiger charge is -2.34. The third-order valence-corrected chi connectivity index (χ3v) is 8.30. The van der Waals surface area contributed by atoms with E-state index in [-0.39, 0.29) is 41.4 Å². The van der Waals surface area contributed by atoms with Gasteiger partial charge in [-0.25, -0.2) is 18.3 Å². The van der Waals surface area contributed by atoms with E-state index in [0.717, 1.165) is 12.8 Å². The van der Waals surface area contributed by atoms with Gasteiger partial charge in [-0.05, 0) is 25.0 Å². The molecule has 0 radical (unpaired) electrons. The Morgan fingerprint density at radius 3 is 2.61 bits per heavy atom. The Labute approximate surface area is 184 Å².